The fourth-order valence-corrected chi connectivity index (χ4v) is 2.75. The first-order valence-electron chi connectivity index (χ1n) is 7.41. The van der Waals surface area contributed by atoms with Crippen LogP contribution in [0.5, 0.6) is 11.6 Å². The lowest BCUT2D eigenvalue weighted by Crippen LogP contribution is -1.96. The summed E-state index contributed by atoms with van der Waals surface area (Å²) in [5, 5.41) is 0.862. The molecule has 0 aliphatic heterocycles. The fourth-order valence-electron chi connectivity index (χ4n) is 2.38. The van der Waals surface area contributed by atoms with Gasteiger partial charge in [-0.1, -0.05) is 24.3 Å². The minimum atomic E-state index is 0.520. The zero-order chi connectivity index (χ0) is 16.4. The second-order valence-corrected chi connectivity index (χ2v) is 6.00. The van der Waals surface area contributed by atoms with Crippen molar-refractivity contribution < 1.29 is 4.74 Å². The third-order valence-electron chi connectivity index (χ3n) is 3.53. The van der Waals surface area contributed by atoms with Gasteiger partial charge in [0.25, 0.3) is 0 Å². The van der Waals surface area contributed by atoms with Crippen LogP contribution in [0.15, 0.2) is 77.5 Å². The molecule has 0 fully saturated rings. The van der Waals surface area contributed by atoms with Gasteiger partial charge in [-0.15, -0.1) is 0 Å². The first kappa shape index (κ1) is 14.8. The number of pyridine rings is 1. The van der Waals surface area contributed by atoms with E-state index in [1.54, 1.807) is 12.4 Å². The van der Waals surface area contributed by atoms with E-state index in [-0.39, 0.29) is 0 Å². The summed E-state index contributed by atoms with van der Waals surface area (Å²) in [4.78, 5) is 13.4. The topological polar surface area (TPSA) is 47.9 Å². The molecule has 4 aromatic rings. The molecule has 2 aromatic heterocycles. The summed E-state index contributed by atoms with van der Waals surface area (Å²) in [6, 6.07) is 19.3. The summed E-state index contributed by atoms with van der Waals surface area (Å²) >= 11 is 3.50. The molecule has 0 spiro atoms. The van der Waals surface area contributed by atoms with Crippen LogP contribution < -0.4 is 4.74 Å². The molecule has 2 heterocycles. The fraction of sp³-hybridized carbons (Fsp3) is 0. The van der Waals surface area contributed by atoms with Crippen molar-refractivity contribution in [1.29, 1.82) is 0 Å². The Hall–Kier alpha value is -2.79. The maximum atomic E-state index is 6.07. The lowest BCUT2D eigenvalue weighted by Gasteiger charge is -2.11. The molecule has 0 unspecified atom stereocenters. The summed E-state index contributed by atoms with van der Waals surface area (Å²) in [6.07, 6.45) is 3.47. The predicted octanol–water partition coefficient (Wildman–Crippen LogP) is 5.25. The molecular formula is C19H12BrN3O. The highest BCUT2D eigenvalue weighted by atomic mass is 79.9. The maximum Gasteiger partial charge on any atom is 0.230 e. The molecule has 0 atom stereocenters. The molecule has 0 aliphatic carbocycles. The summed E-state index contributed by atoms with van der Waals surface area (Å²) in [5.74, 6) is 1.81. The molecule has 0 aliphatic rings. The van der Waals surface area contributed by atoms with Gasteiger partial charge in [0.2, 0.25) is 5.88 Å². The molecule has 4 rings (SSSR count). The lowest BCUT2D eigenvalue weighted by atomic mass is 10.2. The van der Waals surface area contributed by atoms with E-state index in [0.717, 1.165) is 20.9 Å². The molecule has 5 heteroatoms. The van der Waals surface area contributed by atoms with Gasteiger partial charge in [-0.25, -0.2) is 4.98 Å². The van der Waals surface area contributed by atoms with Gasteiger partial charge in [0.05, 0.1) is 15.4 Å². The number of hydrogen-bond acceptors (Lipinski definition) is 4. The van der Waals surface area contributed by atoms with Gasteiger partial charge in [-0.05, 0) is 52.3 Å². The van der Waals surface area contributed by atoms with Crippen LogP contribution in [0.1, 0.15) is 0 Å². The molecule has 0 N–H and O–H groups in total. The molecule has 0 saturated carbocycles. The van der Waals surface area contributed by atoms with E-state index in [4.69, 9.17) is 4.74 Å². The van der Waals surface area contributed by atoms with Crippen molar-refractivity contribution in [1.82, 2.24) is 15.0 Å². The van der Waals surface area contributed by atoms with Gasteiger partial charge in [0, 0.05) is 18.0 Å². The summed E-state index contributed by atoms with van der Waals surface area (Å²) in [6.45, 7) is 0. The Morgan fingerprint density at radius 1 is 0.833 bits per heavy atom. The van der Waals surface area contributed by atoms with Crippen LogP contribution in [0.2, 0.25) is 0 Å². The van der Waals surface area contributed by atoms with Crippen molar-refractivity contribution in [3.8, 4) is 23.0 Å². The van der Waals surface area contributed by atoms with Crippen molar-refractivity contribution in [2.75, 3.05) is 0 Å². The second kappa shape index (κ2) is 6.37. The van der Waals surface area contributed by atoms with Gasteiger partial charge >= 0.3 is 0 Å². The Morgan fingerprint density at radius 2 is 1.67 bits per heavy atom. The van der Waals surface area contributed by atoms with E-state index < -0.39 is 0 Å². The number of hydrogen-bond donors (Lipinski definition) is 0. The molecule has 2 aromatic carbocycles. The first-order valence-corrected chi connectivity index (χ1v) is 8.20. The molecule has 0 saturated heterocycles. The predicted molar refractivity (Wildman–Crippen MR) is 97.0 cm³/mol. The molecule has 4 nitrogen and oxygen atoms in total. The Bertz CT molecular complexity index is 1010. The normalized spacial score (nSPS) is 10.7. The third kappa shape index (κ3) is 2.86. The number of benzene rings is 2. The van der Waals surface area contributed by atoms with Crippen LogP contribution in [0.25, 0.3) is 22.3 Å². The van der Waals surface area contributed by atoms with Gasteiger partial charge in [-0.2, -0.15) is 4.98 Å². The van der Waals surface area contributed by atoms with E-state index >= 15 is 0 Å². The first-order chi connectivity index (χ1) is 11.8. The quantitative estimate of drug-likeness (QED) is 0.489. The molecular weight excluding hydrogens is 366 g/mol. The number of aromatic nitrogens is 3. The number of ether oxygens (including phenoxy) is 1. The van der Waals surface area contributed by atoms with E-state index in [1.807, 2.05) is 60.7 Å². The Morgan fingerprint density at radius 3 is 2.50 bits per heavy atom. The Labute approximate surface area is 147 Å². The average Bonchev–Trinajstić information content (AvgIpc) is 2.64. The van der Waals surface area contributed by atoms with Gasteiger partial charge in [-0.3, -0.25) is 4.98 Å². The highest BCUT2D eigenvalue weighted by Crippen LogP contribution is 2.33. The second-order valence-electron chi connectivity index (χ2n) is 5.14. The third-order valence-corrected chi connectivity index (χ3v) is 4.19. The lowest BCUT2D eigenvalue weighted by molar-refractivity contribution is 0.466. The van der Waals surface area contributed by atoms with Gasteiger partial charge < -0.3 is 4.74 Å². The number of para-hydroxylation sites is 2. The molecule has 0 amide bonds. The smallest absolute Gasteiger partial charge is 0.230 e. The van der Waals surface area contributed by atoms with Crippen LogP contribution in [-0.2, 0) is 0 Å². The minimum absolute atomic E-state index is 0.520. The van der Waals surface area contributed by atoms with E-state index in [0.29, 0.717) is 17.5 Å². The molecule has 116 valence electrons. The number of halogens is 1. The number of nitrogens with zero attached hydrogens (tertiary/aromatic N) is 3. The molecule has 24 heavy (non-hydrogen) atoms. The maximum absolute atomic E-state index is 6.07. The van der Waals surface area contributed by atoms with Crippen molar-refractivity contribution >= 4 is 26.8 Å². The summed E-state index contributed by atoms with van der Waals surface area (Å²) in [7, 11) is 0. The van der Waals surface area contributed by atoms with Crippen molar-refractivity contribution in [2.45, 2.75) is 0 Å². The van der Waals surface area contributed by atoms with Crippen molar-refractivity contribution in [2.24, 2.45) is 0 Å². The SMILES string of the molecule is Brc1ccccc1Oc1nc(-c2cccnc2)nc2ccccc12. The average molecular weight is 378 g/mol. The minimum Gasteiger partial charge on any atom is -0.437 e. The van der Waals surface area contributed by atoms with Crippen LogP contribution in [0.3, 0.4) is 0 Å². The highest BCUT2D eigenvalue weighted by molar-refractivity contribution is 9.10. The summed E-state index contributed by atoms with van der Waals surface area (Å²) < 4.78 is 6.94. The van der Waals surface area contributed by atoms with Crippen LogP contribution >= 0.6 is 15.9 Å². The summed E-state index contributed by atoms with van der Waals surface area (Å²) in [5.41, 5.74) is 1.67. The van der Waals surface area contributed by atoms with E-state index in [9.17, 15) is 0 Å². The van der Waals surface area contributed by atoms with Crippen LogP contribution in [0.4, 0.5) is 0 Å². The van der Waals surface area contributed by atoms with Gasteiger partial charge in [0.1, 0.15) is 5.75 Å². The van der Waals surface area contributed by atoms with Crippen molar-refractivity contribution in [3.63, 3.8) is 0 Å². The van der Waals surface area contributed by atoms with E-state index in [1.165, 1.54) is 0 Å². The van der Waals surface area contributed by atoms with Crippen molar-refractivity contribution in [3.05, 3.63) is 77.5 Å². The highest BCUT2D eigenvalue weighted by Gasteiger charge is 2.12. The van der Waals surface area contributed by atoms with Crippen LogP contribution in [0, 0.1) is 0 Å². The van der Waals surface area contributed by atoms with E-state index in [2.05, 4.69) is 30.9 Å². The zero-order valence-corrected chi connectivity index (χ0v) is 14.1. The zero-order valence-electron chi connectivity index (χ0n) is 12.6. The standard InChI is InChI=1S/C19H12BrN3O/c20-15-8-2-4-10-17(15)24-19-14-7-1-3-9-16(14)22-18(23-19)13-6-5-11-21-12-13/h1-12H. The Kier molecular flexibility index (Phi) is 3.92. The number of fused-ring (bicyclic) bond motifs is 1. The monoisotopic (exact) mass is 377 g/mol. The molecule has 0 radical (unpaired) electrons. The Balaban J connectivity index is 1.88. The molecule has 0 bridgehead atoms. The number of rotatable bonds is 3. The van der Waals surface area contributed by atoms with Gasteiger partial charge in [0.15, 0.2) is 5.82 Å². The largest absolute Gasteiger partial charge is 0.437 e. The van der Waals surface area contributed by atoms with Crippen LogP contribution in [-0.4, -0.2) is 15.0 Å².